The van der Waals surface area contributed by atoms with Crippen molar-refractivity contribution < 1.29 is 9.59 Å². The van der Waals surface area contributed by atoms with Crippen LogP contribution in [0.4, 0.5) is 4.79 Å². The fourth-order valence-electron chi connectivity index (χ4n) is 3.17. The topological polar surface area (TPSA) is 70.2 Å². The van der Waals surface area contributed by atoms with E-state index in [9.17, 15) is 9.59 Å². The summed E-state index contributed by atoms with van der Waals surface area (Å²) in [7, 11) is 0. The van der Waals surface area contributed by atoms with E-state index in [1.807, 2.05) is 6.92 Å². The van der Waals surface area contributed by atoms with E-state index < -0.39 is 0 Å². The maximum absolute atomic E-state index is 11.7. The third-order valence-electron chi connectivity index (χ3n) is 4.39. The molecular weight excluding hydrogens is 254 g/mol. The van der Waals surface area contributed by atoms with Crippen molar-refractivity contribution in [3.63, 3.8) is 0 Å². The second-order valence-electron chi connectivity index (χ2n) is 6.08. The van der Waals surface area contributed by atoms with E-state index in [2.05, 4.69) is 16.0 Å². The predicted molar refractivity (Wildman–Crippen MR) is 78.3 cm³/mol. The van der Waals surface area contributed by atoms with Gasteiger partial charge in [0.1, 0.15) is 0 Å². The Bertz CT molecular complexity index is 340. The predicted octanol–water partition coefficient (Wildman–Crippen LogP) is 1.78. The fraction of sp³-hybridized carbons (Fsp3) is 0.867. The molecule has 0 bridgehead atoms. The van der Waals surface area contributed by atoms with Crippen molar-refractivity contribution in [1.29, 1.82) is 0 Å². The van der Waals surface area contributed by atoms with Gasteiger partial charge >= 0.3 is 6.03 Å². The lowest BCUT2D eigenvalue weighted by Crippen LogP contribution is -2.43. The first-order chi connectivity index (χ1) is 9.70. The van der Waals surface area contributed by atoms with E-state index in [0.717, 1.165) is 18.8 Å². The lowest BCUT2D eigenvalue weighted by atomic mass is 9.85. The molecule has 2 aliphatic carbocycles. The summed E-state index contributed by atoms with van der Waals surface area (Å²) >= 11 is 0. The Morgan fingerprint density at radius 2 is 1.85 bits per heavy atom. The van der Waals surface area contributed by atoms with Crippen LogP contribution in [-0.4, -0.2) is 31.1 Å². The average molecular weight is 281 g/mol. The van der Waals surface area contributed by atoms with Crippen LogP contribution in [0, 0.1) is 11.8 Å². The molecule has 0 saturated heterocycles. The van der Waals surface area contributed by atoms with Crippen molar-refractivity contribution in [3.05, 3.63) is 0 Å². The van der Waals surface area contributed by atoms with Crippen molar-refractivity contribution in [1.82, 2.24) is 16.0 Å². The van der Waals surface area contributed by atoms with E-state index in [0.29, 0.717) is 18.5 Å². The highest BCUT2D eigenvalue weighted by molar-refractivity contribution is 5.84. The van der Waals surface area contributed by atoms with Gasteiger partial charge in [0.25, 0.3) is 0 Å². The van der Waals surface area contributed by atoms with Gasteiger partial charge in [0.05, 0.1) is 6.54 Å². The van der Waals surface area contributed by atoms with Crippen LogP contribution in [0.1, 0.15) is 51.9 Å². The molecule has 2 saturated carbocycles. The van der Waals surface area contributed by atoms with Gasteiger partial charge < -0.3 is 16.0 Å². The summed E-state index contributed by atoms with van der Waals surface area (Å²) in [6, 6.07) is 0.122. The minimum Gasteiger partial charge on any atom is -0.355 e. The third-order valence-corrected chi connectivity index (χ3v) is 4.39. The normalized spacial score (nSPS) is 25.9. The second kappa shape index (κ2) is 7.50. The first-order valence-electron chi connectivity index (χ1n) is 8.01. The highest BCUT2D eigenvalue weighted by Gasteiger charge is 2.43. The maximum atomic E-state index is 11.7. The Balaban J connectivity index is 1.58. The highest BCUT2D eigenvalue weighted by Crippen LogP contribution is 2.44. The van der Waals surface area contributed by atoms with Gasteiger partial charge in [-0.1, -0.05) is 39.0 Å². The zero-order chi connectivity index (χ0) is 14.4. The summed E-state index contributed by atoms with van der Waals surface area (Å²) in [6.07, 6.45) is 8.72. The molecule has 3 amide bonds. The number of rotatable bonds is 6. The first kappa shape index (κ1) is 15.1. The molecule has 3 N–H and O–H groups in total. The number of carbonyl (C=O) groups excluding carboxylic acids is 2. The van der Waals surface area contributed by atoms with Crippen LogP contribution in [0.2, 0.25) is 0 Å². The van der Waals surface area contributed by atoms with Crippen LogP contribution < -0.4 is 16.0 Å². The zero-order valence-electron chi connectivity index (χ0n) is 12.4. The standard InChI is InChI=1S/C15H27N3O2/c1-2-8-16-14(19)10-17-15(20)18-13-9-12(13)11-6-4-3-5-7-11/h11-13H,2-10H2,1H3,(H,16,19)(H2,17,18,20)/t12-,13+/m0/s1. The number of urea groups is 1. The largest absolute Gasteiger partial charge is 0.355 e. The van der Waals surface area contributed by atoms with Gasteiger partial charge in [0, 0.05) is 12.6 Å². The van der Waals surface area contributed by atoms with E-state index in [4.69, 9.17) is 0 Å². The van der Waals surface area contributed by atoms with Crippen molar-refractivity contribution in [3.8, 4) is 0 Å². The molecule has 0 aromatic rings. The van der Waals surface area contributed by atoms with Crippen LogP contribution in [0.3, 0.4) is 0 Å². The van der Waals surface area contributed by atoms with Crippen LogP contribution in [0.25, 0.3) is 0 Å². The maximum Gasteiger partial charge on any atom is 0.315 e. The molecule has 0 aromatic heterocycles. The van der Waals surface area contributed by atoms with Crippen LogP contribution in [-0.2, 0) is 4.79 Å². The SMILES string of the molecule is CCCNC(=O)CNC(=O)N[C@@H]1C[C@H]1C1CCCCC1. The van der Waals surface area contributed by atoms with Gasteiger partial charge in [-0.15, -0.1) is 0 Å². The molecule has 0 heterocycles. The molecule has 2 rings (SSSR count). The van der Waals surface area contributed by atoms with E-state index in [1.165, 1.54) is 32.1 Å². The number of hydrogen-bond acceptors (Lipinski definition) is 2. The number of amides is 3. The van der Waals surface area contributed by atoms with E-state index >= 15 is 0 Å². The molecule has 2 aliphatic rings. The number of hydrogen-bond donors (Lipinski definition) is 3. The molecule has 2 atom stereocenters. The first-order valence-corrected chi connectivity index (χ1v) is 8.01. The Kier molecular flexibility index (Phi) is 5.68. The summed E-state index contributed by atoms with van der Waals surface area (Å²) in [6.45, 7) is 2.72. The summed E-state index contributed by atoms with van der Waals surface area (Å²) in [5, 5.41) is 8.34. The zero-order valence-corrected chi connectivity index (χ0v) is 12.4. The number of nitrogens with one attached hydrogen (secondary N) is 3. The molecule has 20 heavy (non-hydrogen) atoms. The summed E-state index contributed by atoms with van der Waals surface area (Å²) in [5.74, 6) is 1.36. The smallest absolute Gasteiger partial charge is 0.315 e. The van der Waals surface area contributed by atoms with Gasteiger partial charge in [-0.2, -0.15) is 0 Å². The van der Waals surface area contributed by atoms with Crippen LogP contribution >= 0.6 is 0 Å². The van der Waals surface area contributed by atoms with Crippen molar-refractivity contribution in [2.24, 2.45) is 11.8 Å². The third kappa shape index (κ3) is 4.69. The molecule has 0 unspecified atom stereocenters. The van der Waals surface area contributed by atoms with Gasteiger partial charge in [-0.05, 0) is 24.7 Å². The molecule has 114 valence electrons. The lowest BCUT2D eigenvalue weighted by molar-refractivity contribution is -0.120. The molecular formula is C15H27N3O2. The van der Waals surface area contributed by atoms with Crippen molar-refractivity contribution >= 4 is 11.9 Å². The molecule has 2 fully saturated rings. The summed E-state index contributed by atoms with van der Waals surface area (Å²) in [4.78, 5) is 23.1. The molecule has 5 nitrogen and oxygen atoms in total. The monoisotopic (exact) mass is 281 g/mol. The van der Waals surface area contributed by atoms with E-state index in [1.54, 1.807) is 0 Å². The number of carbonyl (C=O) groups is 2. The van der Waals surface area contributed by atoms with Crippen molar-refractivity contribution in [2.45, 2.75) is 57.9 Å². The molecule has 0 radical (unpaired) electrons. The Labute approximate surface area is 121 Å². The Hall–Kier alpha value is -1.26. The van der Waals surface area contributed by atoms with Gasteiger partial charge in [-0.25, -0.2) is 4.79 Å². The average Bonchev–Trinajstić information content (AvgIpc) is 3.23. The summed E-state index contributed by atoms with van der Waals surface area (Å²) < 4.78 is 0. The van der Waals surface area contributed by atoms with Crippen LogP contribution in [0.5, 0.6) is 0 Å². The highest BCUT2D eigenvalue weighted by atomic mass is 16.2. The minimum absolute atomic E-state index is 0.0622. The molecule has 0 aromatic carbocycles. The van der Waals surface area contributed by atoms with Gasteiger partial charge in [0.15, 0.2) is 0 Å². The molecule has 0 spiro atoms. The Morgan fingerprint density at radius 1 is 1.10 bits per heavy atom. The van der Waals surface area contributed by atoms with E-state index in [-0.39, 0.29) is 18.5 Å². The molecule has 0 aliphatic heterocycles. The second-order valence-corrected chi connectivity index (χ2v) is 6.08. The fourth-order valence-corrected chi connectivity index (χ4v) is 3.17. The minimum atomic E-state index is -0.208. The van der Waals surface area contributed by atoms with Gasteiger partial charge in [-0.3, -0.25) is 4.79 Å². The lowest BCUT2D eigenvalue weighted by Gasteiger charge is -2.21. The van der Waals surface area contributed by atoms with Crippen LogP contribution in [0.15, 0.2) is 0 Å². The molecule has 5 heteroatoms. The Morgan fingerprint density at radius 3 is 2.55 bits per heavy atom. The van der Waals surface area contributed by atoms with Gasteiger partial charge in [0.2, 0.25) is 5.91 Å². The quantitative estimate of drug-likeness (QED) is 0.694. The van der Waals surface area contributed by atoms with Crippen molar-refractivity contribution in [2.75, 3.05) is 13.1 Å². The summed E-state index contributed by atoms with van der Waals surface area (Å²) in [5.41, 5.74) is 0.